The molecule has 1 aromatic carbocycles. The molecule has 0 bridgehead atoms. The molecule has 0 radical (unpaired) electrons. The Bertz CT molecular complexity index is 850. The number of fused-ring (bicyclic) bond motifs is 1. The Hall–Kier alpha value is -3.15. The first kappa shape index (κ1) is 13.8. The Morgan fingerprint density at radius 2 is 2.05 bits per heavy atom. The van der Waals surface area contributed by atoms with Crippen LogP contribution in [0.1, 0.15) is 21.7 Å². The number of benzene rings is 1. The SMILES string of the molecule is Cc1nc2ccccn2c1C(=O)N/N=C/c1ccc(O)cc1. The summed E-state index contributed by atoms with van der Waals surface area (Å²) in [5.41, 5.74) is 5.07. The standard InChI is InChI=1S/C16H14N4O2/c1-11-15(20-9-3-2-4-14(20)18-11)16(22)19-17-10-12-5-7-13(21)8-6-12/h2-10,21H,1H3,(H,19,22)/b17-10+. The molecule has 0 unspecified atom stereocenters. The van der Waals surface area contributed by atoms with Crippen LogP contribution in [-0.2, 0) is 0 Å². The fourth-order valence-electron chi connectivity index (χ4n) is 2.17. The molecule has 2 heterocycles. The number of aromatic nitrogens is 2. The van der Waals surface area contributed by atoms with Crippen molar-refractivity contribution in [3.8, 4) is 5.75 Å². The highest BCUT2D eigenvalue weighted by atomic mass is 16.3. The van der Waals surface area contributed by atoms with E-state index in [1.807, 2.05) is 18.2 Å². The quantitative estimate of drug-likeness (QED) is 0.573. The van der Waals surface area contributed by atoms with Gasteiger partial charge in [0, 0.05) is 6.20 Å². The van der Waals surface area contributed by atoms with Crippen LogP contribution in [0.4, 0.5) is 0 Å². The molecule has 6 nitrogen and oxygen atoms in total. The predicted octanol–water partition coefficient (Wildman–Crippen LogP) is 2.11. The van der Waals surface area contributed by atoms with E-state index >= 15 is 0 Å². The lowest BCUT2D eigenvalue weighted by molar-refractivity contribution is 0.0948. The molecule has 1 amide bonds. The summed E-state index contributed by atoms with van der Waals surface area (Å²) in [4.78, 5) is 16.6. The van der Waals surface area contributed by atoms with Crippen molar-refractivity contribution in [3.63, 3.8) is 0 Å². The normalized spacial score (nSPS) is 11.1. The van der Waals surface area contributed by atoms with Crippen LogP contribution in [0.2, 0.25) is 0 Å². The molecular weight excluding hydrogens is 280 g/mol. The van der Waals surface area contributed by atoms with Gasteiger partial charge in [-0.05, 0) is 48.9 Å². The van der Waals surface area contributed by atoms with Crippen molar-refractivity contribution in [1.29, 1.82) is 0 Å². The van der Waals surface area contributed by atoms with Crippen molar-refractivity contribution < 1.29 is 9.90 Å². The number of hydrazone groups is 1. The number of rotatable bonds is 3. The van der Waals surface area contributed by atoms with E-state index in [9.17, 15) is 9.90 Å². The number of carbonyl (C=O) groups is 1. The van der Waals surface area contributed by atoms with Gasteiger partial charge in [-0.3, -0.25) is 9.20 Å². The van der Waals surface area contributed by atoms with Gasteiger partial charge < -0.3 is 5.11 Å². The van der Waals surface area contributed by atoms with E-state index in [-0.39, 0.29) is 11.7 Å². The molecule has 0 saturated heterocycles. The van der Waals surface area contributed by atoms with E-state index in [4.69, 9.17) is 0 Å². The number of hydrogen-bond acceptors (Lipinski definition) is 4. The molecule has 0 aliphatic rings. The average Bonchev–Trinajstić information content (AvgIpc) is 2.85. The largest absolute Gasteiger partial charge is 0.508 e. The van der Waals surface area contributed by atoms with Gasteiger partial charge in [0.15, 0.2) is 0 Å². The molecule has 2 N–H and O–H groups in total. The number of aromatic hydroxyl groups is 1. The molecule has 0 aliphatic heterocycles. The number of nitrogens with one attached hydrogen (secondary N) is 1. The fraction of sp³-hybridized carbons (Fsp3) is 0.0625. The molecule has 0 fully saturated rings. The van der Waals surface area contributed by atoms with Crippen LogP contribution < -0.4 is 5.43 Å². The summed E-state index contributed by atoms with van der Waals surface area (Å²) >= 11 is 0. The number of carbonyl (C=O) groups excluding carboxylic acids is 1. The van der Waals surface area contributed by atoms with E-state index in [1.54, 1.807) is 41.8 Å². The summed E-state index contributed by atoms with van der Waals surface area (Å²) in [7, 11) is 0. The number of nitrogens with zero attached hydrogens (tertiary/aromatic N) is 3. The van der Waals surface area contributed by atoms with Gasteiger partial charge in [0.2, 0.25) is 0 Å². The maximum absolute atomic E-state index is 12.3. The zero-order chi connectivity index (χ0) is 15.5. The Labute approximate surface area is 126 Å². The van der Waals surface area contributed by atoms with E-state index in [0.29, 0.717) is 17.0 Å². The molecule has 0 spiro atoms. The van der Waals surface area contributed by atoms with Crippen molar-refractivity contribution in [2.75, 3.05) is 0 Å². The Morgan fingerprint density at radius 3 is 2.82 bits per heavy atom. The van der Waals surface area contributed by atoms with E-state index < -0.39 is 0 Å². The minimum atomic E-state index is -0.328. The molecule has 0 atom stereocenters. The zero-order valence-electron chi connectivity index (χ0n) is 11.9. The molecule has 6 heteroatoms. The third-order valence-electron chi connectivity index (χ3n) is 3.19. The number of aryl methyl sites for hydroxylation is 1. The lowest BCUT2D eigenvalue weighted by Gasteiger charge is -2.01. The highest BCUT2D eigenvalue weighted by Gasteiger charge is 2.15. The van der Waals surface area contributed by atoms with Crippen LogP contribution in [0.3, 0.4) is 0 Å². The van der Waals surface area contributed by atoms with Gasteiger partial charge in [0.05, 0.1) is 11.9 Å². The zero-order valence-corrected chi connectivity index (χ0v) is 11.9. The van der Waals surface area contributed by atoms with Gasteiger partial charge in [-0.1, -0.05) is 6.07 Å². The Kier molecular flexibility index (Phi) is 3.57. The third-order valence-corrected chi connectivity index (χ3v) is 3.19. The van der Waals surface area contributed by atoms with Crippen LogP contribution in [-0.4, -0.2) is 26.6 Å². The monoisotopic (exact) mass is 294 g/mol. The summed E-state index contributed by atoms with van der Waals surface area (Å²) in [6, 6.07) is 12.0. The Balaban J connectivity index is 1.79. The van der Waals surface area contributed by atoms with Crippen LogP contribution >= 0.6 is 0 Å². The predicted molar refractivity (Wildman–Crippen MR) is 83.1 cm³/mol. The maximum Gasteiger partial charge on any atom is 0.290 e. The molecule has 3 aromatic rings. The van der Waals surface area contributed by atoms with E-state index in [2.05, 4.69) is 15.5 Å². The van der Waals surface area contributed by atoms with Crippen LogP contribution in [0, 0.1) is 6.92 Å². The Morgan fingerprint density at radius 1 is 1.27 bits per heavy atom. The lowest BCUT2D eigenvalue weighted by atomic mass is 10.2. The van der Waals surface area contributed by atoms with Crippen LogP contribution in [0.25, 0.3) is 5.65 Å². The van der Waals surface area contributed by atoms with Crippen molar-refractivity contribution >= 4 is 17.8 Å². The van der Waals surface area contributed by atoms with Crippen molar-refractivity contribution in [3.05, 3.63) is 65.6 Å². The van der Waals surface area contributed by atoms with Crippen molar-refractivity contribution in [2.45, 2.75) is 6.92 Å². The highest BCUT2D eigenvalue weighted by Crippen LogP contribution is 2.11. The summed E-state index contributed by atoms with van der Waals surface area (Å²) in [5, 5.41) is 13.1. The summed E-state index contributed by atoms with van der Waals surface area (Å²) in [5.74, 6) is -0.145. The molecule has 110 valence electrons. The third kappa shape index (κ3) is 2.67. The molecule has 0 aliphatic carbocycles. The first-order valence-corrected chi connectivity index (χ1v) is 6.71. The minimum absolute atomic E-state index is 0.183. The number of hydrogen-bond donors (Lipinski definition) is 2. The van der Waals surface area contributed by atoms with Gasteiger partial charge in [0.1, 0.15) is 17.1 Å². The first-order valence-electron chi connectivity index (χ1n) is 6.71. The topological polar surface area (TPSA) is 79.0 Å². The van der Waals surface area contributed by atoms with Gasteiger partial charge in [-0.2, -0.15) is 5.10 Å². The second-order valence-electron chi connectivity index (χ2n) is 4.77. The lowest BCUT2D eigenvalue weighted by Crippen LogP contribution is -2.20. The average molecular weight is 294 g/mol. The summed E-state index contributed by atoms with van der Waals surface area (Å²) < 4.78 is 1.72. The van der Waals surface area contributed by atoms with Gasteiger partial charge in [-0.25, -0.2) is 10.4 Å². The second-order valence-corrected chi connectivity index (χ2v) is 4.77. The van der Waals surface area contributed by atoms with Crippen molar-refractivity contribution in [1.82, 2.24) is 14.8 Å². The number of phenolic OH excluding ortho intramolecular Hbond substituents is 1. The van der Waals surface area contributed by atoms with Crippen LogP contribution in [0.15, 0.2) is 53.8 Å². The van der Waals surface area contributed by atoms with Crippen molar-refractivity contribution in [2.24, 2.45) is 5.10 Å². The first-order chi connectivity index (χ1) is 10.6. The molecule has 2 aromatic heterocycles. The minimum Gasteiger partial charge on any atom is -0.508 e. The number of imidazole rings is 1. The number of pyridine rings is 1. The summed E-state index contributed by atoms with van der Waals surface area (Å²) in [6.07, 6.45) is 3.30. The number of amides is 1. The molecule has 0 saturated carbocycles. The molecule has 22 heavy (non-hydrogen) atoms. The smallest absolute Gasteiger partial charge is 0.290 e. The van der Waals surface area contributed by atoms with E-state index in [0.717, 1.165) is 5.56 Å². The highest BCUT2D eigenvalue weighted by molar-refractivity contribution is 5.95. The van der Waals surface area contributed by atoms with Crippen LogP contribution in [0.5, 0.6) is 5.75 Å². The van der Waals surface area contributed by atoms with Gasteiger partial charge in [-0.15, -0.1) is 0 Å². The molecule has 3 rings (SSSR count). The molecular formula is C16H14N4O2. The fourth-order valence-corrected chi connectivity index (χ4v) is 2.17. The number of phenols is 1. The van der Waals surface area contributed by atoms with Gasteiger partial charge in [0.25, 0.3) is 5.91 Å². The second kappa shape index (κ2) is 5.69. The summed E-state index contributed by atoms with van der Waals surface area (Å²) in [6.45, 7) is 1.78. The van der Waals surface area contributed by atoms with E-state index in [1.165, 1.54) is 6.21 Å². The maximum atomic E-state index is 12.3. The van der Waals surface area contributed by atoms with Gasteiger partial charge >= 0.3 is 0 Å².